The van der Waals surface area contributed by atoms with Gasteiger partial charge in [0.25, 0.3) is 0 Å². The molecule has 0 spiro atoms. The summed E-state index contributed by atoms with van der Waals surface area (Å²) in [4.78, 5) is 3.68. The number of halogens is 4. The van der Waals surface area contributed by atoms with Gasteiger partial charge in [0.15, 0.2) is 0 Å². The molecule has 0 fully saturated rings. The molecule has 0 saturated carbocycles. The molecule has 92 valence electrons. The van der Waals surface area contributed by atoms with E-state index in [4.69, 9.17) is 5.26 Å². The van der Waals surface area contributed by atoms with E-state index in [0.717, 1.165) is 0 Å². The number of aromatic nitrogens is 1. The molecule has 0 aliphatic rings. The highest BCUT2D eigenvalue weighted by molar-refractivity contribution is 9.08. The third-order valence-electron chi connectivity index (χ3n) is 1.97. The molecule has 1 rings (SSSR count). The molecule has 7 heteroatoms. The maximum Gasteiger partial charge on any atom is 0.574 e. The molecule has 0 aliphatic heterocycles. The van der Waals surface area contributed by atoms with Crippen LogP contribution in [0.5, 0.6) is 5.88 Å². The summed E-state index contributed by atoms with van der Waals surface area (Å²) >= 11 is 3.08. The largest absolute Gasteiger partial charge is 0.574 e. The van der Waals surface area contributed by atoms with Gasteiger partial charge in [-0.1, -0.05) is 15.9 Å². The van der Waals surface area contributed by atoms with E-state index in [1.165, 1.54) is 0 Å². The van der Waals surface area contributed by atoms with Crippen LogP contribution in [0.2, 0.25) is 0 Å². The Kier molecular flexibility index (Phi) is 4.34. The van der Waals surface area contributed by atoms with Crippen LogP contribution in [0.15, 0.2) is 6.07 Å². The molecule has 1 aromatic heterocycles. The van der Waals surface area contributed by atoms with E-state index in [1.807, 2.05) is 6.07 Å². The van der Waals surface area contributed by atoms with Crippen molar-refractivity contribution in [3.63, 3.8) is 0 Å². The smallest absolute Gasteiger partial charge is 0.388 e. The van der Waals surface area contributed by atoms with Gasteiger partial charge in [-0.2, -0.15) is 5.26 Å². The van der Waals surface area contributed by atoms with E-state index in [0.29, 0.717) is 11.1 Å². The monoisotopic (exact) mass is 308 g/mol. The first kappa shape index (κ1) is 13.8. The van der Waals surface area contributed by atoms with Crippen molar-refractivity contribution in [1.29, 1.82) is 5.26 Å². The number of ether oxygens (including phenoxy) is 1. The summed E-state index contributed by atoms with van der Waals surface area (Å²) in [6.07, 6.45) is -4.85. The van der Waals surface area contributed by atoms with Crippen molar-refractivity contribution in [3.8, 4) is 11.9 Å². The fourth-order valence-corrected chi connectivity index (χ4v) is 1.95. The molecule has 0 saturated heterocycles. The number of pyridine rings is 1. The van der Waals surface area contributed by atoms with Crippen molar-refractivity contribution in [2.24, 2.45) is 0 Å². The second-order valence-corrected chi connectivity index (χ2v) is 3.79. The number of aryl methyl sites for hydroxylation is 1. The number of rotatable bonds is 3. The molecule has 0 bridgehead atoms. The maximum absolute atomic E-state index is 12.2. The Morgan fingerprint density at radius 2 is 2.18 bits per heavy atom. The van der Waals surface area contributed by atoms with E-state index in [-0.39, 0.29) is 17.4 Å². The fourth-order valence-electron chi connectivity index (χ4n) is 1.26. The first-order valence-corrected chi connectivity index (χ1v) is 5.67. The summed E-state index contributed by atoms with van der Waals surface area (Å²) in [6.45, 7) is 1.64. The lowest BCUT2D eigenvalue weighted by Crippen LogP contribution is -2.19. The minimum Gasteiger partial charge on any atom is -0.388 e. The quantitative estimate of drug-likeness (QED) is 0.805. The van der Waals surface area contributed by atoms with Crippen LogP contribution in [0, 0.1) is 18.3 Å². The molecule has 0 atom stereocenters. The Hall–Kier alpha value is -1.29. The zero-order valence-corrected chi connectivity index (χ0v) is 10.4. The molecule has 3 nitrogen and oxygen atoms in total. The standard InChI is InChI=1S/C10H8BrF3N2O/c1-6-4-7(2-3-15)16-9(8(6)5-11)17-10(12,13)14/h4H,2,5H2,1H3. The van der Waals surface area contributed by atoms with E-state index in [9.17, 15) is 13.2 Å². The molecular formula is C10H8BrF3N2O. The molecule has 0 amide bonds. The lowest BCUT2D eigenvalue weighted by Gasteiger charge is -2.13. The van der Waals surface area contributed by atoms with Crippen molar-refractivity contribution >= 4 is 15.9 Å². The SMILES string of the molecule is Cc1cc(CC#N)nc(OC(F)(F)F)c1CBr. The van der Waals surface area contributed by atoms with E-state index < -0.39 is 12.2 Å². The Bertz CT molecular complexity index is 454. The maximum atomic E-state index is 12.2. The van der Waals surface area contributed by atoms with Gasteiger partial charge in [0.05, 0.1) is 18.2 Å². The molecule has 0 radical (unpaired) electrons. The Morgan fingerprint density at radius 1 is 1.53 bits per heavy atom. The highest BCUT2D eigenvalue weighted by Gasteiger charge is 2.33. The van der Waals surface area contributed by atoms with Crippen LogP contribution < -0.4 is 4.74 Å². The lowest BCUT2D eigenvalue weighted by molar-refractivity contribution is -0.276. The molecular weight excluding hydrogens is 301 g/mol. The summed E-state index contributed by atoms with van der Waals surface area (Å²) < 4.78 is 40.3. The van der Waals surface area contributed by atoms with Crippen LogP contribution in [0.25, 0.3) is 0 Å². The zero-order chi connectivity index (χ0) is 13.1. The van der Waals surface area contributed by atoms with Gasteiger partial charge >= 0.3 is 6.36 Å². The number of nitriles is 1. The van der Waals surface area contributed by atoms with Crippen LogP contribution in [0.4, 0.5) is 13.2 Å². The predicted molar refractivity (Wildman–Crippen MR) is 57.6 cm³/mol. The summed E-state index contributed by atoms with van der Waals surface area (Å²) in [5, 5.41) is 8.70. The van der Waals surface area contributed by atoms with Crippen molar-refractivity contribution in [1.82, 2.24) is 4.98 Å². The Labute approximate surface area is 104 Å². The summed E-state index contributed by atoms with van der Waals surface area (Å²) in [5.74, 6) is -0.500. The van der Waals surface area contributed by atoms with Crippen LogP contribution in [0.1, 0.15) is 16.8 Å². The van der Waals surface area contributed by atoms with Crippen molar-refractivity contribution in [3.05, 3.63) is 22.9 Å². The molecule has 0 aromatic carbocycles. The Morgan fingerprint density at radius 3 is 2.65 bits per heavy atom. The van der Waals surface area contributed by atoms with Crippen LogP contribution in [-0.4, -0.2) is 11.3 Å². The van der Waals surface area contributed by atoms with Gasteiger partial charge in [-0.05, 0) is 18.6 Å². The third kappa shape index (κ3) is 3.89. The Balaban J connectivity index is 3.20. The fraction of sp³-hybridized carbons (Fsp3) is 0.400. The molecule has 0 N–H and O–H groups in total. The third-order valence-corrected chi connectivity index (χ3v) is 2.53. The topological polar surface area (TPSA) is 45.9 Å². The van der Waals surface area contributed by atoms with Crippen LogP contribution >= 0.6 is 15.9 Å². The van der Waals surface area contributed by atoms with Gasteiger partial charge in [-0.15, -0.1) is 13.2 Å². The normalized spacial score (nSPS) is 11.1. The first-order chi connectivity index (χ1) is 7.87. The molecule has 0 aliphatic carbocycles. The second kappa shape index (κ2) is 5.36. The van der Waals surface area contributed by atoms with Gasteiger partial charge in [-0.3, -0.25) is 0 Å². The highest BCUT2D eigenvalue weighted by atomic mass is 79.9. The molecule has 1 heterocycles. The summed E-state index contributed by atoms with van der Waals surface area (Å²) in [5.41, 5.74) is 1.18. The molecule has 17 heavy (non-hydrogen) atoms. The first-order valence-electron chi connectivity index (χ1n) is 4.55. The predicted octanol–water partition coefficient (Wildman–Crippen LogP) is 3.25. The van der Waals surface area contributed by atoms with Crippen molar-refractivity contribution in [2.45, 2.75) is 25.0 Å². The second-order valence-electron chi connectivity index (χ2n) is 3.23. The van der Waals surface area contributed by atoms with E-state index in [1.54, 1.807) is 13.0 Å². The average Bonchev–Trinajstić information content (AvgIpc) is 2.15. The zero-order valence-electron chi connectivity index (χ0n) is 8.81. The number of nitrogens with zero attached hydrogens (tertiary/aromatic N) is 2. The van der Waals surface area contributed by atoms with Crippen LogP contribution in [0.3, 0.4) is 0 Å². The summed E-state index contributed by atoms with van der Waals surface area (Å²) in [6, 6.07) is 3.40. The van der Waals surface area contributed by atoms with Crippen LogP contribution in [-0.2, 0) is 11.8 Å². The molecule has 0 unspecified atom stereocenters. The average molecular weight is 309 g/mol. The molecule has 1 aromatic rings. The van der Waals surface area contributed by atoms with Crippen molar-refractivity contribution in [2.75, 3.05) is 0 Å². The number of hydrogen-bond donors (Lipinski definition) is 0. The lowest BCUT2D eigenvalue weighted by atomic mass is 10.1. The van der Waals surface area contributed by atoms with Gasteiger partial charge in [0.1, 0.15) is 0 Å². The van der Waals surface area contributed by atoms with Crippen molar-refractivity contribution < 1.29 is 17.9 Å². The van der Waals surface area contributed by atoms with Gasteiger partial charge < -0.3 is 4.74 Å². The number of alkyl halides is 4. The van der Waals surface area contributed by atoms with E-state index in [2.05, 4.69) is 25.7 Å². The minimum atomic E-state index is -4.79. The van der Waals surface area contributed by atoms with E-state index >= 15 is 0 Å². The highest BCUT2D eigenvalue weighted by Crippen LogP contribution is 2.28. The minimum absolute atomic E-state index is 0.0579. The van der Waals surface area contributed by atoms with Gasteiger partial charge in [0.2, 0.25) is 5.88 Å². The van der Waals surface area contributed by atoms with Gasteiger partial charge in [0, 0.05) is 10.9 Å². The van der Waals surface area contributed by atoms with Gasteiger partial charge in [-0.25, -0.2) is 4.98 Å². The number of hydrogen-bond acceptors (Lipinski definition) is 3. The summed E-state index contributed by atoms with van der Waals surface area (Å²) in [7, 11) is 0.